The van der Waals surface area contributed by atoms with Crippen molar-refractivity contribution in [3.05, 3.63) is 112 Å². The van der Waals surface area contributed by atoms with E-state index in [0.717, 1.165) is 37.3 Å². The third-order valence-corrected chi connectivity index (χ3v) is 7.66. The standard InChI is InChI=1S/C32H27ClFN3O2/c33-27-18-29-23(17-28(27)34)9-11-24(35-29)10-8-21-4-3-5-22(16-21)19-37-30-7-2-1-6-25(30)26-20-36(14-12-31(26)37)15-13-32(38)39/h1-11,16-18H,12-15,19-20H2,(H,38,39)/b10-8+. The number of pyridine rings is 1. The lowest BCUT2D eigenvalue weighted by Crippen LogP contribution is -2.32. The predicted octanol–water partition coefficient (Wildman–Crippen LogP) is 7.03. The zero-order valence-electron chi connectivity index (χ0n) is 21.3. The highest BCUT2D eigenvalue weighted by Crippen LogP contribution is 2.32. The van der Waals surface area contributed by atoms with Gasteiger partial charge in [0.1, 0.15) is 5.82 Å². The quantitative estimate of drug-likeness (QED) is 0.241. The molecule has 1 aliphatic rings. The van der Waals surface area contributed by atoms with E-state index in [1.54, 1.807) is 6.07 Å². The van der Waals surface area contributed by atoms with Crippen LogP contribution in [0.25, 0.3) is 34.0 Å². The number of nitrogens with zero attached hydrogens (tertiary/aromatic N) is 3. The summed E-state index contributed by atoms with van der Waals surface area (Å²) in [5, 5.41) is 11.1. The summed E-state index contributed by atoms with van der Waals surface area (Å²) >= 11 is 5.94. The Balaban J connectivity index is 1.26. The minimum atomic E-state index is -0.756. The van der Waals surface area contributed by atoms with Gasteiger partial charge in [0.15, 0.2) is 0 Å². The van der Waals surface area contributed by atoms with Gasteiger partial charge in [0.05, 0.1) is 22.7 Å². The number of benzene rings is 3. The van der Waals surface area contributed by atoms with E-state index in [0.29, 0.717) is 17.4 Å². The summed E-state index contributed by atoms with van der Waals surface area (Å²) in [6.45, 7) is 2.95. The number of carboxylic acid groups (broad SMARTS) is 1. The molecule has 0 fully saturated rings. The van der Waals surface area contributed by atoms with Gasteiger partial charge in [0.25, 0.3) is 0 Å². The Morgan fingerprint density at radius 1 is 1.05 bits per heavy atom. The monoisotopic (exact) mass is 539 g/mol. The molecular formula is C32H27ClFN3O2. The second kappa shape index (κ2) is 10.6. The first-order valence-electron chi connectivity index (χ1n) is 13.0. The number of aliphatic carboxylic acids is 1. The molecule has 3 aromatic carbocycles. The van der Waals surface area contributed by atoms with Crippen LogP contribution in [0.1, 0.15) is 34.5 Å². The van der Waals surface area contributed by atoms with Crippen LogP contribution in [-0.4, -0.2) is 38.6 Å². The SMILES string of the molecule is O=C(O)CCN1CCc2c(c3ccccc3n2Cc2cccc(/C=C/c3ccc4cc(F)c(Cl)cc4n3)c2)C1. The predicted molar refractivity (Wildman–Crippen MR) is 154 cm³/mol. The van der Waals surface area contributed by atoms with Crippen molar-refractivity contribution >= 4 is 51.5 Å². The molecule has 196 valence electrons. The molecule has 39 heavy (non-hydrogen) atoms. The fraction of sp³-hybridized carbons (Fsp3) is 0.188. The molecule has 7 heteroatoms. The van der Waals surface area contributed by atoms with E-state index in [2.05, 4.69) is 63.0 Å². The van der Waals surface area contributed by atoms with Gasteiger partial charge in [-0.15, -0.1) is 0 Å². The summed E-state index contributed by atoms with van der Waals surface area (Å²) in [6, 6.07) is 23.6. The number of halogens is 2. The van der Waals surface area contributed by atoms with Crippen LogP contribution in [0.5, 0.6) is 0 Å². The zero-order chi connectivity index (χ0) is 26.9. The molecule has 5 aromatic rings. The van der Waals surface area contributed by atoms with Crippen LogP contribution in [-0.2, 0) is 24.3 Å². The Morgan fingerprint density at radius 3 is 2.79 bits per heavy atom. The average molecular weight is 540 g/mol. The molecule has 5 nitrogen and oxygen atoms in total. The van der Waals surface area contributed by atoms with E-state index in [1.807, 2.05) is 24.3 Å². The Labute approximate surface area is 230 Å². The first-order chi connectivity index (χ1) is 18.9. The van der Waals surface area contributed by atoms with Crippen LogP contribution >= 0.6 is 11.6 Å². The van der Waals surface area contributed by atoms with Gasteiger partial charge in [-0.05, 0) is 53.1 Å². The van der Waals surface area contributed by atoms with Crippen molar-refractivity contribution in [2.75, 3.05) is 13.1 Å². The highest BCUT2D eigenvalue weighted by atomic mass is 35.5. The fourth-order valence-electron chi connectivity index (χ4n) is 5.47. The van der Waals surface area contributed by atoms with Gasteiger partial charge in [-0.1, -0.05) is 60.1 Å². The van der Waals surface area contributed by atoms with Gasteiger partial charge in [-0.2, -0.15) is 0 Å². The van der Waals surface area contributed by atoms with Gasteiger partial charge < -0.3 is 9.67 Å². The lowest BCUT2D eigenvalue weighted by atomic mass is 10.0. The first-order valence-corrected chi connectivity index (χ1v) is 13.4. The fourth-order valence-corrected chi connectivity index (χ4v) is 5.63. The van der Waals surface area contributed by atoms with Crippen molar-refractivity contribution in [2.24, 2.45) is 0 Å². The van der Waals surface area contributed by atoms with Gasteiger partial charge >= 0.3 is 5.97 Å². The summed E-state index contributed by atoms with van der Waals surface area (Å²) in [7, 11) is 0. The number of hydrogen-bond donors (Lipinski definition) is 1. The van der Waals surface area contributed by atoms with Crippen LogP contribution in [0.4, 0.5) is 4.39 Å². The maximum atomic E-state index is 13.7. The second-order valence-corrected chi connectivity index (χ2v) is 10.4. The minimum Gasteiger partial charge on any atom is -0.481 e. The largest absolute Gasteiger partial charge is 0.481 e. The molecule has 6 rings (SSSR count). The molecule has 0 aliphatic carbocycles. The number of rotatable bonds is 7. The zero-order valence-corrected chi connectivity index (χ0v) is 22.0. The second-order valence-electron chi connectivity index (χ2n) is 9.97. The van der Waals surface area contributed by atoms with Crippen molar-refractivity contribution in [1.82, 2.24) is 14.5 Å². The molecule has 0 bridgehead atoms. The number of carboxylic acids is 1. The van der Waals surface area contributed by atoms with Crippen molar-refractivity contribution in [1.29, 1.82) is 0 Å². The van der Waals surface area contributed by atoms with Crippen molar-refractivity contribution in [3.8, 4) is 0 Å². The summed E-state index contributed by atoms with van der Waals surface area (Å²) in [4.78, 5) is 17.9. The highest BCUT2D eigenvalue weighted by Gasteiger charge is 2.24. The Bertz CT molecular complexity index is 1740. The Kier molecular flexibility index (Phi) is 6.90. The molecule has 2 aromatic heterocycles. The molecule has 0 saturated heterocycles. The normalized spacial score (nSPS) is 13.9. The number of fused-ring (bicyclic) bond motifs is 4. The smallest absolute Gasteiger partial charge is 0.304 e. The molecular weight excluding hydrogens is 513 g/mol. The van der Waals surface area contributed by atoms with Gasteiger partial charge in [-0.25, -0.2) is 9.37 Å². The topological polar surface area (TPSA) is 58.4 Å². The molecule has 1 N–H and O–H groups in total. The van der Waals surface area contributed by atoms with Crippen molar-refractivity contribution < 1.29 is 14.3 Å². The third kappa shape index (κ3) is 5.31. The van der Waals surface area contributed by atoms with E-state index in [9.17, 15) is 9.18 Å². The van der Waals surface area contributed by atoms with E-state index in [4.69, 9.17) is 16.7 Å². The average Bonchev–Trinajstić information content (AvgIpc) is 3.24. The summed E-state index contributed by atoms with van der Waals surface area (Å²) in [5.74, 6) is -1.20. The molecule has 0 saturated carbocycles. The minimum absolute atomic E-state index is 0.0662. The molecule has 0 spiro atoms. The third-order valence-electron chi connectivity index (χ3n) is 7.37. The van der Waals surface area contributed by atoms with Gasteiger partial charge in [-0.3, -0.25) is 9.69 Å². The lowest BCUT2D eigenvalue weighted by molar-refractivity contribution is -0.137. The maximum absolute atomic E-state index is 13.7. The Hall–Kier alpha value is -4.00. The number of hydrogen-bond acceptors (Lipinski definition) is 3. The van der Waals surface area contributed by atoms with Crippen LogP contribution in [0, 0.1) is 5.82 Å². The highest BCUT2D eigenvalue weighted by molar-refractivity contribution is 6.31. The van der Waals surface area contributed by atoms with E-state index < -0.39 is 11.8 Å². The van der Waals surface area contributed by atoms with Gasteiger partial charge in [0, 0.05) is 54.6 Å². The first kappa shape index (κ1) is 25.3. The van der Waals surface area contributed by atoms with E-state index in [-0.39, 0.29) is 11.4 Å². The van der Waals surface area contributed by atoms with Crippen LogP contribution in [0.2, 0.25) is 5.02 Å². The summed E-state index contributed by atoms with van der Waals surface area (Å²) in [6.07, 6.45) is 5.04. The van der Waals surface area contributed by atoms with E-state index >= 15 is 0 Å². The summed E-state index contributed by atoms with van der Waals surface area (Å²) < 4.78 is 16.2. The molecule has 1 aliphatic heterocycles. The number of aromatic nitrogens is 2. The van der Waals surface area contributed by atoms with Crippen LogP contribution in [0.15, 0.2) is 72.8 Å². The van der Waals surface area contributed by atoms with Crippen LogP contribution in [0.3, 0.4) is 0 Å². The lowest BCUT2D eigenvalue weighted by Gasteiger charge is -2.27. The molecule has 0 radical (unpaired) electrons. The maximum Gasteiger partial charge on any atom is 0.304 e. The molecule has 0 atom stereocenters. The van der Waals surface area contributed by atoms with Crippen molar-refractivity contribution in [3.63, 3.8) is 0 Å². The van der Waals surface area contributed by atoms with Crippen molar-refractivity contribution in [2.45, 2.75) is 25.9 Å². The molecule has 0 amide bonds. The van der Waals surface area contributed by atoms with Gasteiger partial charge in [0.2, 0.25) is 0 Å². The number of para-hydroxylation sites is 1. The number of carbonyl (C=O) groups is 1. The van der Waals surface area contributed by atoms with E-state index in [1.165, 1.54) is 33.8 Å². The Morgan fingerprint density at radius 2 is 1.92 bits per heavy atom. The molecule has 3 heterocycles. The molecule has 0 unspecified atom stereocenters. The van der Waals surface area contributed by atoms with Crippen LogP contribution < -0.4 is 0 Å². The summed E-state index contributed by atoms with van der Waals surface area (Å²) in [5.41, 5.74) is 7.54.